The van der Waals surface area contributed by atoms with Gasteiger partial charge in [0.2, 0.25) is 0 Å². The molecule has 0 spiro atoms. The molecule has 3 aromatic heterocycles. The Labute approximate surface area is 267 Å². The first-order valence-electron chi connectivity index (χ1n) is 15.9. The molecule has 3 heterocycles. The molecule has 0 aliphatic heterocycles. The average molecular weight is 783 g/mol. The zero-order valence-corrected chi connectivity index (χ0v) is 28.4. The number of furan rings is 1. The van der Waals surface area contributed by atoms with E-state index in [1.807, 2.05) is 80.7 Å². The molecule has 0 aliphatic rings. The van der Waals surface area contributed by atoms with Gasteiger partial charge in [-0.3, -0.25) is 0 Å². The number of pyridine rings is 2. The van der Waals surface area contributed by atoms with Crippen LogP contribution in [0, 0.1) is 24.9 Å². The number of hydrogen-bond donors (Lipinski definition) is 0. The molecule has 1 radical (unpaired) electrons. The van der Waals surface area contributed by atoms with Crippen molar-refractivity contribution in [2.24, 2.45) is 5.92 Å². The van der Waals surface area contributed by atoms with Gasteiger partial charge in [0.15, 0.2) is 0 Å². The van der Waals surface area contributed by atoms with Crippen LogP contribution < -0.4 is 4.40 Å². The Morgan fingerprint density at radius 2 is 1.73 bits per heavy atom. The molecule has 3 aromatic carbocycles. The number of aryl methyl sites for hydroxylation is 1. The minimum Gasteiger partial charge on any atom is 0 e. The summed E-state index contributed by atoms with van der Waals surface area (Å²) >= 11 is -2.20. The topological polar surface area (TPSA) is 38.9 Å². The first-order chi connectivity index (χ1) is 21.2. The molecule has 3 nitrogen and oxygen atoms in total. The van der Waals surface area contributed by atoms with Gasteiger partial charge < -0.3 is 9.40 Å². The first kappa shape index (κ1) is 24.5. The maximum absolute atomic E-state index is 8.56. The standard InChI is InChI=1S/C18H24GeN.C18H12NO.Ir/c1-14(2)11-16-12-18(15-9-7-6-8-10-15)20-13-17(16)19(3,4)5;1-12-8-9-13-14-5-4-6-15(16-7-2-3-10-19-16)18(14)20-17(13)11-12;/h6-9,12-14H,11H2,1-5H3;2-5,7-11H,1H3;/q2*-1;/i11D2;1D3;. The zero-order chi connectivity index (χ0) is 32.6. The van der Waals surface area contributed by atoms with Gasteiger partial charge in [-0.25, -0.2) is 0 Å². The first-order valence-corrected chi connectivity index (χ1v) is 20.8. The summed E-state index contributed by atoms with van der Waals surface area (Å²) in [5.41, 5.74) is 5.58. The van der Waals surface area contributed by atoms with Gasteiger partial charge in [-0.05, 0) is 30.2 Å². The molecule has 6 rings (SSSR count). The Bertz CT molecular complexity index is 1940. The third-order valence-electron chi connectivity index (χ3n) is 6.50. The smallest absolute Gasteiger partial charge is 0 e. The number of rotatable bonds is 5. The second-order valence-electron chi connectivity index (χ2n) is 11.1. The van der Waals surface area contributed by atoms with Crippen LogP contribution in [0.2, 0.25) is 17.3 Å². The van der Waals surface area contributed by atoms with Gasteiger partial charge in [0.25, 0.3) is 0 Å². The number of benzene rings is 3. The molecule has 0 saturated heterocycles. The monoisotopic (exact) mass is 784 g/mol. The predicted molar refractivity (Wildman–Crippen MR) is 171 cm³/mol. The molecule has 211 valence electrons. The van der Waals surface area contributed by atoms with Gasteiger partial charge in [0.05, 0.1) is 5.58 Å². The normalized spacial score (nSPS) is 13.8. The molecule has 0 bridgehead atoms. The van der Waals surface area contributed by atoms with E-state index in [1.54, 1.807) is 24.4 Å². The molecular weight excluding hydrogens is 741 g/mol. The van der Waals surface area contributed by atoms with Crippen LogP contribution in [-0.4, -0.2) is 23.2 Å². The third kappa shape index (κ3) is 7.24. The van der Waals surface area contributed by atoms with Crippen molar-refractivity contribution in [3.63, 3.8) is 0 Å². The molecule has 0 saturated carbocycles. The van der Waals surface area contributed by atoms with Gasteiger partial charge in [-0.15, -0.1) is 18.2 Å². The van der Waals surface area contributed by atoms with Crippen molar-refractivity contribution in [3.8, 4) is 22.5 Å². The fraction of sp³-hybridized carbons (Fsp3) is 0.222. The molecule has 0 fully saturated rings. The molecule has 0 atom stereocenters. The SMILES string of the molecule is [2H]C([2H])([2H])c1ccc2c(c1)oc1c(-c3ccccn3)[c-]ccc12.[2H]C([2H])(c1cc(-c2[c-]cccc2)nc[c]1[Ge]([CH3])([CH3])[CH3])C(C)C.[Ir]. The Morgan fingerprint density at radius 1 is 0.902 bits per heavy atom. The molecule has 0 amide bonds. The van der Waals surface area contributed by atoms with Crippen molar-refractivity contribution in [1.82, 2.24) is 9.97 Å². The number of nitrogens with zero attached hydrogens (tertiary/aromatic N) is 2. The van der Waals surface area contributed by atoms with Gasteiger partial charge in [-0.2, -0.15) is 0 Å². The summed E-state index contributed by atoms with van der Waals surface area (Å²) in [5.74, 6) is 6.77. The summed E-state index contributed by atoms with van der Waals surface area (Å²) in [7, 11) is 0. The minimum atomic E-state index is -2.20. The van der Waals surface area contributed by atoms with Crippen molar-refractivity contribution < 1.29 is 31.4 Å². The second kappa shape index (κ2) is 13.3. The summed E-state index contributed by atoms with van der Waals surface area (Å²) < 4.78 is 46.8. The molecule has 0 aliphatic carbocycles. The van der Waals surface area contributed by atoms with Gasteiger partial charge >= 0.3 is 128 Å². The molecule has 6 aromatic rings. The van der Waals surface area contributed by atoms with Crippen LogP contribution in [0.5, 0.6) is 0 Å². The number of fused-ring (bicyclic) bond motifs is 3. The fourth-order valence-electron chi connectivity index (χ4n) is 4.63. The third-order valence-corrected chi connectivity index (χ3v) is 10.7. The largest absolute Gasteiger partial charge is 0 e. The molecule has 5 heteroatoms. The maximum atomic E-state index is 8.56. The quantitative estimate of drug-likeness (QED) is 0.130. The van der Waals surface area contributed by atoms with E-state index in [-0.39, 0.29) is 31.6 Å². The zero-order valence-electron chi connectivity index (χ0n) is 28.9. The van der Waals surface area contributed by atoms with Crippen molar-refractivity contribution in [1.29, 1.82) is 0 Å². The van der Waals surface area contributed by atoms with Crippen molar-refractivity contribution in [3.05, 3.63) is 115 Å². The Hall–Kier alpha value is -3.05. The number of aromatic nitrogens is 2. The molecule has 41 heavy (non-hydrogen) atoms. The van der Waals surface area contributed by atoms with Crippen LogP contribution in [0.15, 0.2) is 95.7 Å². The Balaban J connectivity index is 0.000000205. The second-order valence-corrected chi connectivity index (χ2v) is 21.6. The van der Waals surface area contributed by atoms with E-state index in [2.05, 4.69) is 39.4 Å². The number of hydrogen-bond acceptors (Lipinski definition) is 3. The van der Waals surface area contributed by atoms with Crippen molar-refractivity contribution in [2.75, 3.05) is 0 Å². The molecular formula is C36H36GeIrN2O-2. The fourth-order valence-corrected chi connectivity index (χ4v) is 7.57. The average Bonchev–Trinajstić information content (AvgIpc) is 3.39. The van der Waals surface area contributed by atoms with Crippen LogP contribution in [0.1, 0.15) is 31.8 Å². The van der Waals surface area contributed by atoms with E-state index in [9.17, 15) is 0 Å². The van der Waals surface area contributed by atoms with Crippen molar-refractivity contribution >= 4 is 39.6 Å². The summed E-state index contributed by atoms with van der Waals surface area (Å²) in [6.45, 7) is 1.73. The molecule has 0 N–H and O–H groups in total. The van der Waals surface area contributed by atoms with Gasteiger partial charge in [0.1, 0.15) is 5.58 Å². The van der Waals surface area contributed by atoms with Crippen LogP contribution in [0.3, 0.4) is 0 Å². The van der Waals surface area contributed by atoms with Gasteiger partial charge in [-0.1, -0.05) is 35.2 Å². The Kier molecular flexibility index (Phi) is 7.95. The molecule has 0 unspecified atom stereocenters. The summed E-state index contributed by atoms with van der Waals surface area (Å²) in [5, 5.41) is 1.82. The van der Waals surface area contributed by atoms with Crippen LogP contribution in [-0.2, 0) is 26.5 Å². The summed E-state index contributed by atoms with van der Waals surface area (Å²) in [6.07, 6.45) is 2.28. The van der Waals surface area contributed by atoms with Crippen LogP contribution in [0.25, 0.3) is 44.5 Å². The van der Waals surface area contributed by atoms with Crippen molar-refractivity contribution in [2.45, 2.75) is 44.3 Å². The van der Waals surface area contributed by atoms with E-state index in [0.29, 0.717) is 11.2 Å². The van der Waals surface area contributed by atoms with E-state index in [0.717, 1.165) is 43.2 Å². The van der Waals surface area contributed by atoms with E-state index >= 15 is 0 Å². The minimum absolute atomic E-state index is 0. The summed E-state index contributed by atoms with van der Waals surface area (Å²) in [6, 6.07) is 30.4. The van der Waals surface area contributed by atoms with E-state index in [4.69, 9.17) is 11.3 Å². The van der Waals surface area contributed by atoms with Gasteiger partial charge in [0, 0.05) is 35.8 Å². The van der Waals surface area contributed by atoms with Crippen LogP contribution in [0.4, 0.5) is 0 Å². The summed E-state index contributed by atoms with van der Waals surface area (Å²) in [4.78, 5) is 8.94. The predicted octanol–water partition coefficient (Wildman–Crippen LogP) is 9.05. The Morgan fingerprint density at radius 3 is 2.41 bits per heavy atom. The van der Waals surface area contributed by atoms with E-state index in [1.165, 1.54) is 0 Å². The van der Waals surface area contributed by atoms with E-state index < -0.39 is 26.5 Å². The van der Waals surface area contributed by atoms with Crippen LogP contribution >= 0.6 is 0 Å². The maximum Gasteiger partial charge on any atom is 0 e.